The fourth-order valence-corrected chi connectivity index (χ4v) is 0.934. The molecule has 0 aromatic carbocycles. The van der Waals surface area contributed by atoms with E-state index in [0.717, 1.165) is 6.42 Å². The Balaban J connectivity index is 3.15. The molecule has 0 amide bonds. The molecule has 0 aliphatic rings. The molecule has 0 N–H and O–H groups in total. The topological polar surface area (TPSA) is 0 Å². The molecule has 1 radical (unpaired) electrons. The number of rotatable bonds is 7. The third-order valence-electron chi connectivity index (χ3n) is 1.73. The zero-order valence-electron chi connectivity index (χ0n) is 8.26. The molecule has 0 saturated heterocycles. The fourth-order valence-electron chi connectivity index (χ4n) is 0.934. The van der Waals surface area contributed by atoms with E-state index in [1.807, 2.05) is 0 Å². The molecular weight excluding hydrogens is 144 g/mol. The molecule has 0 fully saturated rings. The van der Waals surface area contributed by atoms with Crippen molar-refractivity contribution in [1.82, 2.24) is 0 Å². The third-order valence-corrected chi connectivity index (χ3v) is 1.73. The highest BCUT2D eigenvalue weighted by Crippen LogP contribution is 1.97. The van der Waals surface area contributed by atoms with Crippen LogP contribution in [0.25, 0.3) is 0 Å². The SMILES string of the molecule is [CH2]CCCC=CC=CCCCC. The van der Waals surface area contributed by atoms with Crippen molar-refractivity contribution in [2.75, 3.05) is 0 Å². The molecule has 0 nitrogen and oxygen atoms in total. The van der Waals surface area contributed by atoms with Gasteiger partial charge >= 0.3 is 0 Å². The summed E-state index contributed by atoms with van der Waals surface area (Å²) in [4.78, 5) is 0. The van der Waals surface area contributed by atoms with Gasteiger partial charge < -0.3 is 0 Å². The molecule has 0 bridgehead atoms. The summed E-state index contributed by atoms with van der Waals surface area (Å²) < 4.78 is 0. The van der Waals surface area contributed by atoms with E-state index >= 15 is 0 Å². The van der Waals surface area contributed by atoms with Gasteiger partial charge in [-0.25, -0.2) is 0 Å². The monoisotopic (exact) mass is 165 g/mol. The van der Waals surface area contributed by atoms with Crippen molar-refractivity contribution in [3.63, 3.8) is 0 Å². The van der Waals surface area contributed by atoms with Gasteiger partial charge in [-0.1, -0.05) is 57.4 Å². The van der Waals surface area contributed by atoms with Crippen LogP contribution in [0.1, 0.15) is 45.4 Å². The maximum atomic E-state index is 3.79. The van der Waals surface area contributed by atoms with E-state index in [2.05, 4.69) is 38.2 Å². The molecule has 0 aliphatic heterocycles. The van der Waals surface area contributed by atoms with E-state index in [0.29, 0.717) is 0 Å². The van der Waals surface area contributed by atoms with E-state index < -0.39 is 0 Å². The van der Waals surface area contributed by atoms with Crippen molar-refractivity contribution < 1.29 is 0 Å². The predicted octanol–water partition coefficient (Wildman–Crippen LogP) is 4.29. The molecule has 0 atom stereocenters. The summed E-state index contributed by atoms with van der Waals surface area (Å²) >= 11 is 0. The van der Waals surface area contributed by atoms with E-state index in [1.54, 1.807) is 0 Å². The van der Waals surface area contributed by atoms with Gasteiger partial charge in [-0.15, -0.1) is 0 Å². The largest absolute Gasteiger partial charge is 0.0845 e. The number of allylic oxidation sites excluding steroid dienone is 4. The summed E-state index contributed by atoms with van der Waals surface area (Å²) in [7, 11) is 0. The van der Waals surface area contributed by atoms with Crippen LogP contribution in [0.3, 0.4) is 0 Å². The highest BCUT2D eigenvalue weighted by atomic mass is 13.8. The van der Waals surface area contributed by atoms with Gasteiger partial charge in [0.2, 0.25) is 0 Å². The molecule has 0 heterocycles. The van der Waals surface area contributed by atoms with Crippen molar-refractivity contribution in [3.8, 4) is 0 Å². The summed E-state index contributed by atoms with van der Waals surface area (Å²) in [5, 5.41) is 0. The summed E-state index contributed by atoms with van der Waals surface area (Å²) in [5.41, 5.74) is 0. The minimum absolute atomic E-state index is 1.05. The molecule has 0 heteroatoms. The minimum atomic E-state index is 1.05. The van der Waals surface area contributed by atoms with Crippen LogP contribution in [0, 0.1) is 6.92 Å². The molecule has 0 aliphatic carbocycles. The second-order valence-corrected chi connectivity index (χ2v) is 2.99. The Bertz CT molecular complexity index is 104. The van der Waals surface area contributed by atoms with Gasteiger partial charge in [0.05, 0.1) is 0 Å². The molecule has 12 heavy (non-hydrogen) atoms. The third kappa shape index (κ3) is 9.48. The van der Waals surface area contributed by atoms with Gasteiger partial charge in [-0.05, 0) is 19.3 Å². The molecule has 0 aromatic heterocycles. The lowest BCUT2D eigenvalue weighted by Crippen LogP contribution is -1.67. The lowest BCUT2D eigenvalue weighted by atomic mass is 10.2. The van der Waals surface area contributed by atoms with Gasteiger partial charge in [0.25, 0.3) is 0 Å². The van der Waals surface area contributed by atoms with Crippen LogP contribution in [-0.4, -0.2) is 0 Å². The number of hydrogen-bond donors (Lipinski definition) is 0. The molecule has 0 saturated carbocycles. The maximum absolute atomic E-state index is 3.79. The van der Waals surface area contributed by atoms with E-state index in [-0.39, 0.29) is 0 Å². The van der Waals surface area contributed by atoms with Gasteiger partial charge in [-0.3, -0.25) is 0 Å². The molecule has 69 valence electrons. The van der Waals surface area contributed by atoms with Gasteiger partial charge in [-0.2, -0.15) is 0 Å². The standard InChI is InChI=1S/C12H21/c1-3-5-7-9-11-12-10-8-6-4-2/h9-12H,1,3-8H2,2H3. The van der Waals surface area contributed by atoms with Crippen LogP contribution in [0.15, 0.2) is 24.3 Å². The first-order valence-corrected chi connectivity index (χ1v) is 5.02. The van der Waals surface area contributed by atoms with Gasteiger partial charge in [0.1, 0.15) is 0 Å². The van der Waals surface area contributed by atoms with Crippen LogP contribution in [0.2, 0.25) is 0 Å². The highest BCUT2D eigenvalue weighted by Gasteiger charge is 1.77. The Morgan fingerprint density at radius 2 is 1.58 bits per heavy atom. The summed E-state index contributed by atoms with van der Waals surface area (Å²) in [6, 6.07) is 0. The molecule has 0 aromatic rings. The van der Waals surface area contributed by atoms with Crippen molar-refractivity contribution in [2.24, 2.45) is 0 Å². The van der Waals surface area contributed by atoms with Crippen LogP contribution >= 0.6 is 0 Å². The zero-order valence-corrected chi connectivity index (χ0v) is 8.26. The lowest BCUT2D eigenvalue weighted by Gasteiger charge is -1.87. The summed E-state index contributed by atoms with van der Waals surface area (Å²) in [6.45, 7) is 6.01. The molecular formula is C12H21. The van der Waals surface area contributed by atoms with E-state index in [9.17, 15) is 0 Å². The summed E-state index contributed by atoms with van der Waals surface area (Å²) in [5.74, 6) is 0. The Morgan fingerprint density at radius 1 is 1.00 bits per heavy atom. The fraction of sp³-hybridized carbons (Fsp3) is 0.583. The summed E-state index contributed by atoms with van der Waals surface area (Å²) in [6.07, 6.45) is 16.0. The first-order chi connectivity index (χ1) is 5.91. The average Bonchev–Trinajstić information content (AvgIpc) is 2.10. The quantitative estimate of drug-likeness (QED) is 0.390. The Morgan fingerprint density at radius 3 is 2.08 bits per heavy atom. The average molecular weight is 165 g/mol. The second kappa shape index (κ2) is 10.5. The van der Waals surface area contributed by atoms with Gasteiger partial charge in [0.15, 0.2) is 0 Å². The Labute approximate surface area is 77.4 Å². The van der Waals surface area contributed by atoms with Crippen LogP contribution < -0.4 is 0 Å². The Kier molecular flexibility index (Phi) is 10.0. The lowest BCUT2D eigenvalue weighted by molar-refractivity contribution is 0.814. The predicted molar refractivity (Wildman–Crippen MR) is 57.0 cm³/mol. The number of unbranched alkanes of at least 4 members (excludes halogenated alkanes) is 4. The van der Waals surface area contributed by atoms with Crippen molar-refractivity contribution in [1.29, 1.82) is 0 Å². The van der Waals surface area contributed by atoms with Crippen molar-refractivity contribution in [2.45, 2.75) is 45.4 Å². The molecule has 0 rings (SSSR count). The Hall–Kier alpha value is -0.520. The van der Waals surface area contributed by atoms with E-state index in [4.69, 9.17) is 0 Å². The van der Waals surface area contributed by atoms with E-state index in [1.165, 1.54) is 32.1 Å². The normalized spacial score (nSPS) is 11.8. The first kappa shape index (κ1) is 11.5. The second-order valence-electron chi connectivity index (χ2n) is 2.99. The zero-order chi connectivity index (χ0) is 9.07. The first-order valence-electron chi connectivity index (χ1n) is 5.02. The molecule has 0 spiro atoms. The smallest absolute Gasteiger partial charge is 0.0348 e. The number of hydrogen-bond acceptors (Lipinski definition) is 0. The van der Waals surface area contributed by atoms with Crippen LogP contribution in [-0.2, 0) is 0 Å². The van der Waals surface area contributed by atoms with Crippen LogP contribution in [0.5, 0.6) is 0 Å². The van der Waals surface area contributed by atoms with Crippen LogP contribution in [0.4, 0.5) is 0 Å². The maximum Gasteiger partial charge on any atom is -0.0348 e. The van der Waals surface area contributed by atoms with Crippen molar-refractivity contribution in [3.05, 3.63) is 31.2 Å². The minimum Gasteiger partial charge on any atom is -0.0845 e. The van der Waals surface area contributed by atoms with Gasteiger partial charge in [0, 0.05) is 0 Å². The van der Waals surface area contributed by atoms with Crippen molar-refractivity contribution >= 4 is 0 Å². The molecule has 0 unspecified atom stereocenters. The highest BCUT2D eigenvalue weighted by molar-refractivity contribution is 5.02.